The normalized spacial score (nSPS) is 10.6. The van der Waals surface area contributed by atoms with Gasteiger partial charge in [0.2, 0.25) is 5.91 Å². The van der Waals surface area contributed by atoms with Crippen LogP contribution in [-0.2, 0) is 17.8 Å². The number of carbonyl (C=O) groups is 1. The Kier molecular flexibility index (Phi) is 5.37. The summed E-state index contributed by atoms with van der Waals surface area (Å²) in [5, 5.41) is 6.86. The topological polar surface area (TPSA) is 64.4 Å². The zero-order chi connectivity index (χ0) is 18.5. The lowest BCUT2D eigenvalue weighted by atomic mass is 10.1. The molecule has 0 fully saturated rings. The summed E-state index contributed by atoms with van der Waals surface area (Å²) < 4.78 is 10.9. The molecular weight excluding hydrogens is 328 g/mol. The fraction of sp³-hybridized carbons (Fsp3) is 0.238. The van der Waals surface area contributed by atoms with Gasteiger partial charge >= 0.3 is 0 Å². The number of nitrogens with one attached hydrogen (secondary N) is 1. The van der Waals surface area contributed by atoms with Crippen molar-refractivity contribution in [2.45, 2.75) is 33.8 Å². The molecule has 0 unspecified atom stereocenters. The van der Waals surface area contributed by atoms with Crippen molar-refractivity contribution >= 4 is 11.6 Å². The van der Waals surface area contributed by atoms with Gasteiger partial charge in [-0.1, -0.05) is 35.5 Å². The molecule has 0 atom stereocenters. The van der Waals surface area contributed by atoms with Crippen LogP contribution in [0.1, 0.15) is 28.1 Å². The van der Waals surface area contributed by atoms with Gasteiger partial charge in [0, 0.05) is 5.69 Å². The van der Waals surface area contributed by atoms with Crippen LogP contribution < -0.4 is 10.1 Å². The minimum atomic E-state index is -0.0383. The maximum Gasteiger partial charge on any atom is 0.228 e. The molecule has 2 aromatic carbocycles. The summed E-state index contributed by atoms with van der Waals surface area (Å²) in [6.45, 7) is 6.15. The highest BCUT2D eigenvalue weighted by Crippen LogP contribution is 2.19. The molecule has 0 aliphatic rings. The minimum Gasteiger partial charge on any atom is -0.489 e. The molecule has 0 saturated heterocycles. The Labute approximate surface area is 153 Å². The Morgan fingerprint density at radius 2 is 1.81 bits per heavy atom. The number of anilines is 1. The molecule has 3 aromatic rings. The SMILES string of the molecule is Cc1ccccc1NC(=O)Cc1ccc(OCc2c(C)noc2C)cc1. The van der Waals surface area contributed by atoms with E-state index >= 15 is 0 Å². The maximum atomic E-state index is 12.2. The van der Waals surface area contributed by atoms with E-state index in [1.807, 2.05) is 69.3 Å². The number of hydrogen-bond donors (Lipinski definition) is 1. The molecule has 1 aromatic heterocycles. The Balaban J connectivity index is 1.56. The molecule has 5 nitrogen and oxygen atoms in total. The number of rotatable bonds is 6. The smallest absolute Gasteiger partial charge is 0.228 e. The van der Waals surface area contributed by atoms with Crippen LogP contribution in [0.25, 0.3) is 0 Å². The quantitative estimate of drug-likeness (QED) is 0.717. The van der Waals surface area contributed by atoms with Crippen LogP contribution in [0.4, 0.5) is 5.69 Å². The van der Waals surface area contributed by atoms with E-state index in [0.717, 1.165) is 39.6 Å². The lowest BCUT2D eigenvalue weighted by Crippen LogP contribution is -2.15. The molecule has 26 heavy (non-hydrogen) atoms. The van der Waals surface area contributed by atoms with Crippen LogP contribution in [0.3, 0.4) is 0 Å². The van der Waals surface area contributed by atoms with Gasteiger partial charge in [-0.3, -0.25) is 4.79 Å². The third-order valence-electron chi connectivity index (χ3n) is 4.27. The van der Waals surface area contributed by atoms with Crippen LogP contribution in [0.5, 0.6) is 5.75 Å². The second-order valence-electron chi connectivity index (χ2n) is 6.28. The molecule has 0 bridgehead atoms. The van der Waals surface area contributed by atoms with Crippen LogP contribution in [0.15, 0.2) is 53.1 Å². The minimum absolute atomic E-state index is 0.0383. The van der Waals surface area contributed by atoms with Crippen molar-refractivity contribution in [2.75, 3.05) is 5.32 Å². The van der Waals surface area contributed by atoms with Gasteiger partial charge in [0.25, 0.3) is 0 Å². The lowest BCUT2D eigenvalue weighted by molar-refractivity contribution is -0.115. The molecule has 1 amide bonds. The number of aryl methyl sites for hydroxylation is 3. The second-order valence-corrected chi connectivity index (χ2v) is 6.28. The number of hydrogen-bond acceptors (Lipinski definition) is 4. The number of ether oxygens (including phenoxy) is 1. The van der Waals surface area contributed by atoms with Crippen molar-refractivity contribution < 1.29 is 14.1 Å². The summed E-state index contributed by atoms with van der Waals surface area (Å²) >= 11 is 0. The van der Waals surface area contributed by atoms with E-state index in [1.165, 1.54) is 0 Å². The zero-order valence-corrected chi connectivity index (χ0v) is 15.2. The van der Waals surface area contributed by atoms with Gasteiger partial charge in [0.15, 0.2) is 0 Å². The van der Waals surface area contributed by atoms with Gasteiger partial charge in [-0.2, -0.15) is 0 Å². The summed E-state index contributed by atoms with van der Waals surface area (Å²) in [6, 6.07) is 15.3. The van der Waals surface area contributed by atoms with Gasteiger partial charge in [-0.25, -0.2) is 0 Å². The van der Waals surface area contributed by atoms with Crippen molar-refractivity contribution in [2.24, 2.45) is 0 Å². The van der Waals surface area contributed by atoms with E-state index in [-0.39, 0.29) is 5.91 Å². The number of para-hydroxylation sites is 1. The third-order valence-corrected chi connectivity index (χ3v) is 4.27. The predicted octanol–water partition coefficient (Wildman–Crippen LogP) is 4.36. The molecule has 5 heteroatoms. The maximum absolute atomic E-state index is 12.2. The highest BCUT2D eigenvalue weighted by molar-refractivity contribution is 5.92. The molecule has 0 saturated carbocycles. The van der Waals surface area contributed by atoms with Gasteiger partial charge in [0.05, 0.1) is 17.7 Å². The first-order chi connectivity index (χ1) is 12.5. The molecule has 3 rings (SSSR count). The van der Waals surface area contributed by atoms with Gasteiger partial charge in [-0.05, 0) is 50.1 Å². The molecule has 0 aliphatic carbocycles. The van der Waals surface area contributed by atoms with Crippen molar-refractivity contribution in [1.29, 1.82) is 0 Å². The summed E-state index contributed by atoms with van der Waals surface area (Å²) in [5.41, 5.74) is 4.63. The molecule has 0 aliphatic heterocycles. The first-order valence-electron chi connectivity index (χ1n) is 8.52. The van der Waals surface area contributed by atoms with Gasteiger partial charge < -0.3 is 14.6 Å². The Bertz CT molecular complexity index is 878. The van der Waals surface area contributed by atoms with Crippen LogP contribution in [0.2, 0.25) is 0 Å². The number of nitrogens with zero attached hydrogens (tertiary/aromatic N) is 1. The van der Waals surface area contributed by atoms with E-state index in [4.69, 9.17) is 9.26 Å². The first-order valence-corrected chi connectivity index (χ1v) is 8.52. The molecule has 0 radical (unpaired) electrons. The van der Waals surface area contributed by atoms with Crippen LogP contribution in [0, 0.1) is 20.8 Å². The fourth-order valence-corrected chi connectivity index (χ4v) is 2.66. The van der Waals surface area contributed by atoms with E-state index in [0.29, 0.717) is 13.0 Å². The monoisotopic (exact) mass is 350 g/mol. The Morgan fingerprint density at radius 1 is 1.08 bits per heavy atom. The van der Waals surface area contributed by atoms with E-state index in [9.17, 15) is 4.79 Å². The standard InChI is InChI=1S/C21H22N2O3/c1-14-6-4-5-7-20(14)22-21(24)12-17-8-10-18(11-9-17)25-13-19-15(2)23-26-16(19)3/h4-11H,12-13H2,1-3H3,(H,22,24). The summed E-state index contributed by atoms with van der Waals surface area (Å²) in [6.07, 6.45) is 0.318. The first kappa shape index (κ1) is 17.7. The fourth-order valence-electron chi connectivity index (χ4n) is 2.66. The number of benzene rings is 2. The van der Waals surface area contributed by atoms with Gasteiger partial charge in [0.1, 0.15) is 18.1 Å². The highest BCUT2D eigenvalue weighted by atomic mass is 16.5. The average molecular weight is 350 g/mol. The van der Waals surface area contributed by atoms with Crippen LogP contribution in [-0.4, -0.2) is 11.1 Å². The van der Waals surface area contributed by atoms with Crippen LogP contribution >= 0.6 is 0 Å². The Hall–Kier alpha value is -3.08. The van der Waals surface area contributed by atoms with Crippen molar-refractivity contribution in [1.82, 2.24) is 5.16 Å². The van der Waals surface area contributed by atoms with E-state index in [2.05, 4.69) is 10.5 Å². The largest absolute Gasteiger partial charge is 0.489 e. The average Bonchev–Trinajstić information content (AvgIpc) is 2.94. The third kappa shape index (κ3) is 4.30. The molecule has 1 heterocycles. The second kappa shape index (κ2) is 7.87. The summed E-state index contributed by atoms with van der Waals surface area (Å²) in [4.78, 5) is 12.2. The lowest BCUT2D eigenvalue weighted by Gasteiger charge is -2.09. The van der Waals surface area contributed by atoms with E-state index < -0.39 is 0 Å². The number of amides is 1. The van der Waals surface area contributed by atoms with Gasteiger partial charge in [-0.15, -0.1) is 0 Å². The number of carbonyl (C=O) groups excluding carboxylic acids is 1. The van der Waals surface area contributed by atoms with Crippen molar-refractivity contribution in [3.05, 3.63) is 76.7 Å². The molecule has 0 spiro atoms. The molecule has 134 valence electrons. The zero-order valence-electron chi connectivity index (χ0n) is 15.2. The summed E-state index contributed by atoms with van der Waals surface area (Å²) in [7, 11) is 0. The van der Waals surface area contributed by atoms with Crippen molar-refractivity contribution in [3.63, 3.8) is 0 Å². The highest BCUT2D eigenvalue weighted by Gasteiger charge is 2.10. The van der Waals surface area contributed by atoms with Crippen molar-refractivity contribution in [3.8, 4) is 5.75 Å². The summed E-state index contributed by atoms with van der Waals surface area (Å²) in [5.74, 6) is 1.48. The van der Waals surface area contributed by atoms with E-state index in [1.54, 1.807) is 0 Å². The number of aromatic nitrogens is 1. The molecular formula is C21H22N2O3. The Morgan fingerprint density at radius 3 is 2.46 bits per heavy atom. The predicted molar refractivity (Wildman–Crippen MR) is 100 cm³/mol. The molecule has 1 N–H and O–H groups in total.